The molecule has 194 valence electrons. The molecule has 37 heavy (non-hydrogen) atoms. The van der Waals surface area contributed by atoms with Crippen molar-refractivity contribution in [1.82, 2.24) is 25.5 Å². The first-order chi connectivity index (χ1) is 17.9. The number of amides is 1. The lowest BCUT2D eigenvalue weighted by molar-refractivity contribution is -0.152. The van der Waals surface area contributed by atoms with Crippen LogP contribution in [0.1, 0.15) is 58.4 Å². The highest BCUT2D eigenvalue weighted by atomic mass is 32.1. The number of carboxylic acids is 1. The van der Waals surface area contributed by atoms with E-state index in [-0.39, 0.29) is 12.5 Å². The van der Waals surface area contributed by atoms with Crippen LogP contribution in [0.2, 0.25) is 0 Å². The molecule has 0 atom stereocenters. The Kier molecular flexibility index (Phi) is 8.33. The molecule has 0 radical (unpaired) electrons. The van der Waals surface area contributed by atoms with Gasteiger partial charge in [-0.15, -0.1) is 21.5 Å². The summed E-state index contributed by atoms with van der Waals surface area (Å²) in [5.41, 5.74) is 2.06. The van der Waals surface area contributed by atoms with Gasteiger partial charge in [-0.25, -0.2) is 0 Å². The van der Waals surface area contributed by atoms with Crippen molar-refractivity contribution in [2.24, 2.45) is 5.41 Å². The number of unbranched alkanes of at least 4 members (excludes halogenated alkanes) is 1. The Hall–Kier alpha value is -3.59. The third-order valence-electron chi connectivity index (χ3n) is 7.12. The SMILES string of the molecule is CCCCC(=O)N(Cc1ccc2sc(-c3ccc(-c4nn[nH]n4)cc3)cc2c1)CC(CC)(CC)C(=O)O. The Bertz CT molecular complexity index is 1340. The van der Waals surface area contributed by atoms with Crippen LogP contribution in [0.15, 0.2) is 48.5 Å². The summed E-state index contributed by atoms with van der Waals surface area (Å²) in [6.07, 6.45) is 3.12. The number of carbonyl (C=O) groups excluding carboxylic acids is 1. The van der Waals surface area contributed by atoms with Gasteiger partial charge in [-0.05, 0) is 59.2 Å². The summed E-state index contributed by atoms with van der Waals surface area (Å²) in [7, 11) is 0. The molecule has 1 amide bonds. The van der Waals surface area contributed by atoms with Gasteiger partial charge in [0.2, 0.25) is 11.7 Å². The minimum atomic E-state index is -0.935. The van der Waals surface area contributed by atoms with Crippen molar-refractivity contribution in [3.05, 3.63) is 54.1 Å². The van der Waals surface area contributed by atoms with Crippen LogP contribution in [0, 0.1) is 5.41 Å². The van der Waals surface area contributed by atoms with E-state index in [4.69, 9.17) is 0 Å². The lowest BCUT2D eigenvalue weighted by Gasteiger charge is -2.34. The van der Waals surface area contributed by atoms with Crippen molar-refractivity contribution in [2.75, 3.05) is 6.54 Å². The number of aromatic amines is 1. The second kappa shape index (κ2) is 11.6. The lowest BCUT2D eigenvalue weighted by atomic mass is 9.81. The third-order valence-corrected chi connectivity index (χ3v) is 8.29. The van der Waals surface area contributed by atoms with E-state index in [2.05, 4.69) is 45.7 Å². The van der Waals surface area contributed by atoms with E-state index in [0.717, 1.165) is 44.5 Å². The fourth-order valence-electron chi connectivity index (χ4n) is 4.55. The minimum Gasteiger partial charge on any atom is -0.481 e. The van der Waals surface area contributed by atoms with Gasteiger partial charge in [-0.1, -0.05) is 57.5 Å². The molecule has 2 N–H and O–H groups in total. The zero-order chi connectivity index (χ0) is 26.4. The molecule has 0 spiro atoms. The van der Waals surface area contributed by atoms with Crippen LogP contribution < -0.4 is 0 Å². The summed E-state index contributed by atoms with van der Waals surface area (Å²) in [6.45, 7) is 6.45. The predicted molar refractivity (Wildman–Crippen MR) is 146 cm³/mol. The molecule has 2 aromatic heterocycles. The molecule has 8 nitrogen and oxygen atoms in total. The maximum absolute atomic E-state index is 13.1. The van der Waals surface area contributed by atoms with Crippen molar-refractivity contribution in [2.45, 2.75) is 59.4 Å². The Morgan fingerprint density at radius 3 is 2.38 bits per heavy atom. The minimum absolute atomic E-state index is 0.0159. The number of H-pyrrole nitrogens is 1. The van der Waals surface area contributed by atoms with Crippen molar-refractivity contribution < 1.29 is 14.7 Å². The first-order valence-corrected chi connectivity index (χ1v) is 13.6. The Balaban J connectivity index is 1.58. The van der Waals surface area contributed by atoms with E-state index >= 15 is 0 Å². The van der Waals surface area contributed by atoms with Crippen LogP contribution in [0.3, 0.4) is 0 Å². The molecule has 0 unspecified atom stereocenters. The molecule has 0 aliphatic heterocycles. The first kappa shape index (κ1) is 26.5. The van der Waals surface area contributed by atoms with E-state index in [0.29, 0.717) is 31.6 Å². The number of hydrogen-bond donors (Lipinski definition) is 2. The number of thiophene rings is 1. The van der Waals surface area contributed by atoms with Gasteiger partial charge in [-0.2, -0.15) is 5.21 Å². The van der Waals surface area contributed by atoms with Gasteiger partial charge >= 0.3 is 5.97 Å². The van der Waals surface area contributed by atoms with Crippen LogP contribution in [0.5, 0.6) is 0 Å². The highest BCUT2D eigenvalue weighted by molar-refractivity contribution is 7.22. The Labute approximate surface area is 220 Å². The summed E-state index contributed by atoms with van der Waals surface area (Å²) in [5, 5.41) is 25.2. The van der Waals surface area contributed by atoms with Crippen molar-refractivity contribution in [3.63, 3.8) is 0 Å². The van der Waals surface area contributed by atoms with Gasteiger partial charge in [0.15, 0.2) is 0 Å². The Morgan fingerprint density at radius 2 is 1.76 bits per heavy atom. The van der Waals surface area contributed by atoms with Gasteiger partial charge < -0.3 is 10.0 Å². The normalized spacial score (nSPS) is 11.6. The number of carboxylic acid groups (broad SMARTS) is 1. The number of rotatable bonds is 12. The number of nitrogens with one attached hydrogen (secondary N) is 1. The number of nitrogens with zero attached hydrogens (tertiary/aromatic N) is 4. The number of hydrogen-bond acceptors (Lipinski definition) is 6. The standard InChI is InChI=1S/C28H33N5O3S/c1-4-7-8-25(34)33(18-28(5-2,6-3)27(35)36)17-19-9-14-23-22(15-19)16-24(37-23)20-10-12-21(13-11-20)26-29-31-32-30-26/h9-16H,4-8,17-18H2,1-3H3,(H,35,36)(H,29,30,31,32). The van der Waals surface area contributed by atoms with Crippen molar-refractivity contribution in [3.8, 4) is 21.8 Å². The average molecular weight is 520 g/mol. The number of aliphatic carboxylic acids is 1. The summed E-state index contributed by atoms with van der Waals surface area (Å²) in [5.74, 6) is -0.264. The van der Waals surface area contributed by atoms with Gasteiger partial charge in [0.1, 0.15) is 0 Å². The molecule has 0 saturated heterocycles. The largest absolute Gasteiger partial charge is 0.481 e. The lowest BCUT2D eigenvalue weighted by Crippen LogP contribution is -2.44. The second-order valence-electron chi connectivity index (χ2n) is 9.44. The summed E-state index contributed by atoms with van der Waals surface area (Å²) < 4.78 is 1.16. The zero-order valence-corrected chi connectivity index (χ0v) is 22.3. The van der Waals surface area contributed by atoms with E-state index in [1.54, 1.807) is 16.2 Å². The molecule has 0 bridgehead atoms. The van der Waals surface area contributed by atoms with Crippen LogP contribution in [0.4, 0.5) is 0 Å². The summed E-state index contributed by atoms with van der Waals surface area (Å²) >= 11 is 1.71. The maximum Gasteiger partial charge on any atom is 0.311 e. The number of fused-ring (bicyclic) bond motifs is 1. The zero-order valence-electron chi connectivity index (χ0n) is 21.5. The molecule has 4 aromatic rings. The average Bonchev–Trinajstić information content (AvgIpc) is 3.60. The molecule has 2 aromatic carbocycles. The maximum atomic E-state index is 13.1. The first-order valence-electron chi connectivity index (χ1n) is 12.8. The van der Waals surface area contributed by atoms with Gasteiger partial charge in [0, 0.05) is 34.7 Å². The molecular formula is C28H33N5O3S. The highest BCUT2D eigenvalue weighted by Crippen LogP contribution is 2.35. The van der Waals surface area contributed by atoms with E-state index in [1.165, 1.54) is 0 Å². The van der Waals surface area contributed by atoms with E-state index in [1.807, 2.05) is 44.2 Å². The van der Waals surface area contributed by atoms with Crippen LogP contribution >= 0.6 is 11.3 Å². The number of benzene rings is 2. The van der Waals surface area contributed by atoms with E-state index in [9.17, 15) is 14.7 Å². The molecular weight excluding hydrogens is 486 g/mol. The predicted octanol–water partition coefficient (Wildman–Crippen LogP) is 6.16. The molecule has 0 saturated carbocycles. The number of tetrazole rings is 1. The topological polar surface area (TPSA) is 112 Å². The van der Waals surface area contributed by atoms with Crippen molar-refractivity contribution >= 4 is 33.3 Å². The molecule has 0 aliphatic carbocycles. The summed E-state index contributed by atoms with van der Waals surface area (Å²) in [6, 6.07) is 16.5. The fourth-order valence-corrected chi connectivity index (χ4v) is 5.60. The highest BCUT2D eigenvalue weighted by Gasteiger charge is 2.38. The molecule has 2 heterocycles. The number of aromatic nitrogens is 4. The van der Waals surface area contributed by atoms with E-state index < -0.39 is 11.4 Å². The molecule has 4 rings (SSSR count). The van der Waals surface area contributed by atoms with Gasteiger partial charge in [0.05, 0.1) is 5.41 Å². The van der Waals surface area contributed by atoms with Crippen LogP contribution in [-0.4, -0.2) is 49.1 Å². The quantitative estimate of drug-likeness (QED) is 0.232. The van der Waals surface area contributed by atoms with Crippen molar-refractivity contribution in [1.29, 1.82) is 0 Å². The fraction of sp³-hybridized carbons (Fsp3) is 0.393. The van der Waals surface area contributed by atoms with Gasteiger partial charge in [0.25, 0.3) is 0 Å². The van der Waals surface area contributed by atoms with Crippen LogP contribution in [-0.2, 0) is 16.1 Å². The second-order valence-corrected chi connectivity index (χ2v) is 10.5. The van der Waals surface area contributed by atoms with Crippen LogP contribution in [0.25, 0.3) is 31.9 Å². The molecule has 0 fully saturated rings. The molecule has 0 aliphatic rings. The summed E-state index contributed by atoms with van der Waals surface area (Å²) in [4.78, 5) is 28.2. The third kappa shape index (κ3) is 5.88. The molecule has 9 heteroatoms. The van der Waals surface area contributed by atoms with Gasteiger partial charge in [-0.3, -0.25) is 9.59 Å². The Morgan fingerprint density at radius 1 is 1.03 bits per heavy atom. The number of carbonyl (C=O) groups is 2. The smallest absolute Gasteiger partial charge is 0.311 e. The monoisotopic (exact) mass is 519 g/mol.